The quantitative estimate of drug-likeness (QED) is 0.847. The van der Waals surface area contributed by atoms with Gasteiger partial charge in [0.05, 0.1) is 25.0 Å². The van der Waals surface area contributed by atoms with Crippen LogP contribution in [0.2, 0.25) is 0 Å². The van der Waals surface area contributed by atoms with E-state index in [9.17, 15) is 9.59 Å². The Bertz CT molecular complexity index is 532. The SMILES string of the molecule is C[C@@H]1CN(C(=O)[C@H]2CCC(=O)N2Cc2ccco2)C[C@@H](C)O1. The highest BCUT2D eigenvalue weighted by Gasteiger charge is 2.40. The zero-order valence-corrected chi connectivity index (χ0v) is 13.0. The fraction of sp³-hybridized carbons (Fsp3) is 0.625. The van der Waals surface area contributed by atoms with Crippen LogP contribution in [0, 0.1) is 0 Å². The number of ether oxygens (including phenoxy) is 1. The summed E-state index contributed by atoms with van der Waals surface area (Å²) in [5.74, 6) is 0.750. The summed E-state index contributed by atoms with van der Waals surface area (Å²) < 4.78 is 11.0. The molecule has 120 valence electrons. The standard InChI is InChI=1S/C16H22N2O4/c1-11-8-17(9-12(2)22-11)16(20)14-5-6-15(19)18(14)10-13-4-3-7-21-13/h3-4,7,11-12,14H,5-6,8-10H2,1-2H3/t11-,12-,14-/m1/s1. The van der Waals surface area contributed by atoms with Crippen molar-refractivity contribution in [2.45, 2.75) is 51.5 Å². The predicted molar refractivity (Wildman–Crippen MR) is 78.9 cm³/mol. The summed E-state index contributed by atoms with van der Waals surface area (Å²) in [5, 5.41) is 0. The van der Waals surface area contributed by atoms with Crippen molar-refractivity contribution in [1.29, 1.82) is 0 Å². The van der Waals surface area contributed by atoms with Gasteiger partial charge in [-0.2, -0.15) is 0 Å². The molecule has 0 radical (unpaired) electrons. The van der Waals surface area contributed by atoms with Crippen molar-refractivity contribution in [2.75, 3.05) is 13.1 Å². The second kappa shape index (κ2) is 6.12. The Kier molecular flexibility index (Phi) is 4.20. The zero-order chi connectivity index (χ0) is 15.7. The summed E-state index contributed by atoms with van der Waals surface area (Å²) in [6.07, 6.45) is 2.65. The summed E-state index contributed by atoms with van der Waals surface area (Å²) in [4.78, 5) is 28.4. The van der Waals surface area contributed by atoms with Gasteiger partial charge >= 0.3 is 0 Å². The van der Waals surface area contributed by atoms with E-state index in [2.05, 4.69) is 0 Å². The lowest BCUT2D eigenvalue weighted by molar-refractivity contribution is -0.150. The molecule has 1 aromatic rings. The van der Waals surface area contributed by atoms with Crippen molar-refractivity contribution in [3.63, 3.8) is 0 Å². The van der Waals surface area contributed by atoms with Crippen LogP contribution in [-0.4, -0.2) is 53.0 Å². The maximum atomic E-state index is 12.8. The van der Waals surface area contributed by atoms with Crippen LogP contribution in [0.25, 0.3) is 0 Å². The van der Waals surface area contributed by atoms with Crippen LogP contribution in [0.5, 0.6) is 0 Å². The first-order valence-electron chi connectivity index (χ1n) is 7.80. The maximum absolute atomic E-state index is 12.8. The summed E-state index contributed by atoms with van der Waals surface area (Å²) in [6.45, 7) is 5.47. The number of hydrogen-bond acceptors (Lipinski definition) is 4. The molecule has 0 saturated carbocycles. The van der Waals surface area contributed by atoms with Crippen LogP contribution in [0.15, 0.2) is 22.8 Å². The lowest BCUT2D eigenvalue weighted by Crippen LogP contribution is -2.54. The van der Waals surface area contributed by atoms with Crippen molar-refractivity contribution in [3.8, 4) is 0 Å². The van der Waals surface area contributed by atoms with E-state index in [0.717, 1.165) is 0 Å². The summed E-state index contributed by atoms with van der Waals surface area (Å²) in [6, 6.07) is 3.24. The van der Waals surface area contributed by atoms with Gasteiger partial charge in [0.15, 0.2) is 0 Å². The van der Waals surface area contributed by atoms with E-state index in [1.807, 2.05) is 24.8 Å². The Labute approximate surface area is 130 Å². The Morgan fingerprint density at radius 2 is 2.05 bits per heavy atom. The lowest BCUT2D eigenvalue weighted by Gasteiger charge is -2.38. The number of amides is 2. The number of furan rings is 1. The van der Waals surface area contributed by atoms with Crippen molar-refractivity contribution >= 4 is 11.8 Å². The van der Waals surface area contributed by atoms with Crippen LogP contribution in [0.4, 0.5) is 0 Å². The number of likely N-dealkylation sites (tertiary alicyclic amines) is 1. The molecule has 1 aromatic heterocycles. The Balaban J connectivity index is 1.71. The molecule has 6 heteroatoms. The van der Waals surface area contributed by atoms with E-state index in [4.69, 9.17) is 9.15 Å². The van der Waals surface area contributed by atoms with Gasteiger partial charge in [-0.3, -0.25) is 9.59 Å². The largest absolute Gasteiger partial charge is 0.467 e. The zero-order valence-electron chi connectivity index (χ0n) is 13.0. The summed E-state index contributed by atoms with van der Waals surface area (Å²) in [5.41, 5.74) is 0. The third-order valence-corrected chi connectivity index (χ3v) is 4.25. The molecule has 3 heterocycles. The van der Waals surface area contributed by atoms with Crippen molar-refractivity contribution < 1.29 is 18.7 Å². The second-order valence-corrected chi connectivity index (χ2v) is 6.16. The maximum Gasteiger partial charge on any atom is 0.245 e. The molecule has 2 aliphatic rings. The lowest BCUT2D eigenvalue weighted by atomic mass is 10.1. The number of carbonyl (C=O) groups is 2. The molecule has 0 N–H and O–H groups in total. The molecule has 3 rings (SSSR count). The third kappa shape index (κ3) is 3.02. The van der Waals surface area contributed by atoms with Gasteiger partial charge in [-0.05, 0) is 32.4 Å². The van der Waals surface area contributed by atoms with E-state index in [-0.39, 0.29) is 30.1 Å². The van der Waals surface area contributed by atoms with E-state index >= 15 is 0 Å². The molecule has 0 aliphatic carbocycles. The highest BCUT2D eigenvalue weighted by molar-refractivity contribution is 5.91. The van der Waals surface area contributed by atoms with Gasteiger partial charge in [0.2, 0.25) is 11.8 Å². The van der Waals surface area contributed by atoms with Crippen LogP contribution in [-0.2, 0) is 20.9 Å². The molecule has 0 bridgehead atoms. The van der Waals surface area contributed by atoms with Crippen molar-refractivity contribution in [3.05, 3.63) is 24.2 Å². The van der Waals surface area contributed by atoms with E-state index in [1.54, 1.807) is 17.2 Å². The molecule has 2 fully saturated rings. The first-order chi connectivity index (χ1) is 10.5. The van der Waals surface area contributed by atoms with Crippen LogP contribution in [0.3, 0.4) is 0 Å². The summed E-state index contributed by atoms with van der Waals surface area (Å²) in [7, 11) is 0. The smallest absolute Gasteiger partial charge is 0.245 e. The molecule has 0 unspecified atom stereocenters. The Morgan fingerprint density at radius 1 is 1.32 bits per heavy atom. The number of rotatable bonds is 3. The first kappa shape index (κ1) is 15.1. The molecule has 3 atom stereocenters. The minimum Gasteiger partial charge on any atom is -0.467 e. The number of nitrogens with zero attached hydrogens (tertiary/aromatic N) is 2. The van der Waals surface area contributed by atoms with Gasteiger partial charge in [-0.1, -0.05) is 0 Å². The van der Waals surface area contributed by atoms with Crippen molar-refractivity contribution in [1.82, 2.24) is 9.80 Å². The Morgan fingerprint density at radius 3 is 2.68 bits per heavy atom. The molecule has 22 heavy (non-hydrogen) atoms. The molecule has 6 nitrogen and oxygen atoms in total. The average molecular weight is 306 g/mol. The van der Waals surface area contributed by atoms with Crippen molar-refractivity contribution in [2.24, 2.45) is 0 Å². The normalized spacial score (nSPS) is 29.2. The molecule has 2 amide bonds. The molecule has 0 spiro atoms. The monoisotopic (exact) mass is 306 g/mol. The minimum absolute atomic E-state index is 0.0177. The fourth-order valence-corrected chi connectivity index (χ4v) is 3.33. The number of morpholine rings is 1. The predicted octanol–water partition coefficient (Wildman–Crippen LogP) is 1.41. The molecular formula is C16H22N2O4. The average Bonchev–Trinajstić information content (AvgIpc) is 3.09. The van der Waals surface area contributed by atoms with Gasteiger partial charge in [-0.25, -0.2) is 0 Å². The van der Waals surface area contributed by atoms with Gasteiger partial charge in [0.25, 0.3) is 0 Å². The topological polar surface area (TPSA) is 63.0 Å². The van der Waals surface area contributed by atoms with Crippen LogP contribution >= 0.6 is 0 Å². The van der Waals surface area contributed by atoms with Gasteiger partial charge in [0, 0.05) is 19.5 Å². The number of carbonyl (C=O) groups excluding carboxylic acids is 2. The minimum atomic E-state index is -0.380. The van der Waals surface area contributed by atoms with Gasteiger partial charge in [0.1, 0.15) is 11.8 Å². The molecular weight excluding hydrogens is 284 g/mol. The van der Waals surface area contributed by atoms with Crippen LogP contribution < -0.4 is 0 Å². The third-order valence-electron chi connectivity index (χ3n) is 4.25. The molecule has 0 aromatic carbocycles. The molecule has 2 saturated heterocycles. The van der Waals surface area contributed by atoms with E-state index < -0.39 is 0 Å². The van der Waals surface area contributed by atoms with Gasteiger partial charge in [-0.15, -0.1) is 0 Å². The highest BCUT2D eigenvalue weighted by Crippen LogP contribution is 2.24. The van der Waals surface area contributed by atoms with E-state index in [0.29, 0.717) is 38.2 Å². The highest BCUT2D eigenvalue weighted by atomic mass is 16.5. The van der Waals surface area contributed by atoms with Crippen LogP contribution in [0.1, 0.15) is 32.4 Å². The number of hydrogen-bond donors (Lipinski definition) is 0. The van der Waals surface area contributed by atoms with Gasteiger partial charge < -0.3 is 19.0 Å². The fourth-order valence-electron chi connectivity index (χ4n) is 3.33. The Hall–Kier alpha value is -1.82. The second-order valence-electron chi connectivity index (χ2n) is 6.16. The first-order valence-corrected chi connectivity index (χ1v) is 7.80. The van der Waals surface area contributed by atoms with E-state index in [1.165, 1.54) is 0 Å². The summed E-state index contributed by atoms with van der Waals surface area (Å²) >= 11 is 0. The molecule has 2 aliphatic heterocycles.